The van der Waals surface area contributed by atoms with Crippen LogP contribution in [0.15, 0.2) is 23.3 Å². The number of likely N-dealkylation sites (tertiary alicyclic amines) is 1. The number of carbonyl (C=O) groups excluding carboxylic acids is 1. The fraction of sp³-hybridized carbons (Fsp3) is 0.625. The van der Waals surface area contributed by atoms with Gasteiger partial charge in [0.2, 0.25) is 0 Å². The van der Waals surface area contributed by atoms with Crippen LogP contribution in [0.2, 0.25) is 0 Å². The summed E-state index contributed by atoms with van der Waals surface area (Å²) in [6.45, 7) is 8.25. The molecule has 1 heterocycles. The van der Waals surface area contributed by atoms with Gasteiger partial charge in [0.1, 0.15) is 5.60 Å². The van der Waals surface area contributed by atoms with Crippen LogP contribution in [0.1, 0.15) is 40.5 Å². The lowest BCUT2D eigenvalue weighted by molar-refractivity contribution is -0.145. The highest BCUT2D eigenvalue weighted by Crippen LogP contribution is 2.37. The average Bonchev–Trinajstić information content (AvgIpc) is 2.35. The predicted molar refractivity (Wildman–Crippen MR) is 78.9 cm³/mol. The lowest BCUT2D eigenvalue weighted by Gasteiger charge is -2.36. The van der Waals surface area contributed by atoms with Crippen molar-refractivity contribution in [1.82, 2.24) is 4.90 Å². The van der Waals surface area contributed by atoms with Crippen molar-refractivity contribution in [1.29, 1.82) is 0 Å². The Labute approximate surface area is 125 Å². The first-order valence-electron chi connectivity index (χ1n) is 7.23. The third-order valence-corrected chi connectivity index (χ3v) is 3.83. The lowest BCUT2D eigenvalue weighted by Crippen LogP contribution is -2.42. The smallest absolute Gasteiger partial charge is 0.410 e. The quantitative estimate of drug-likeness (QED) is 0.807. The molecule has 0 aromatic carbocycles. The second kappa shape index (κ2) is 5.20. The zero-order valence-electron chi connectivity index (χ0n) is 13.1. The number of hydrogen-bond donors (Lipinski definition) is 1. The van der Waals surface area contributed by atoms with Crippen molar-refractivity contribution in [3.63, 3.8) is 0 Å². The number of rotatable bonds is 1. The first-order chi connectivity index (χ1) is 9.61. The maximum Gasteiger partial charge on any atom is 0.410 e. The topological polar surface area (TPSA) is 66.8 Å². The van der Waals surface area contributed by atoms with Gasteiger partial charge in [-0.15, -0.1) is 0 Å². The van der Waals surface area contributed by atoms with Gasteiger partial charge in [0.05, 0.1) is 5.41 Å². The molecule has 0 radical (unpaired) electrons. The van der Waals surface area contributed by atoms with E-state index in [0.29, 0.717) is 19.5 Å². The summed E-state index contributed by atoms with van der Waals surface area (Å²) in [5, 5.41) is 9.34. The van der Waals surface area contributed by atoms with Crippen molar-refractivity contribution >= 4 is 12.1 Å². The highest BCUT2D eigenvalue weighted by molar-refractivity contribution is 5.78. The molecular weight excluding hydrogens is 270 g/mol. The Balaban J connectivity index is 2.14. The van der Waals surface area contributed by atoms with E-state index in [-0.39, 0.29) is 6.09 Å². The average molecular weight is 293 g/mol. The molecule has 21 heavy (non-hydrogen) atoms. The number of carbonyl (C=O) groups is 2. The van der Waals surface area contributed by atoms with Gasteiger partial charge < -0.3 is 14.7 Å². The van der Waals surface area contributed by atoms with E-state index in [9.17, 15) is 14.7 Å². The molecule has 1 fully saturated rings. The number of allylic oxidation sites excluding steroid dienone is 1. The third-order valence-electron chi connectivity index (χ3n) is 3.83. The lowest BCUT2D eigenvalue weighted by atomic mass is 9.77. The number of nitrogens with zero attached hydrogens (tertiary/aromatic N) is 1. The number of amides is 1. The zero-order valence-corrected chi connectivity index (χ0v) is 13.1. The van der Waals surface area contributed by atoms with E-state index in [0.717, 1.165) is 17.6 Å². The molecule has 5 nitrogen and oxygen atoms in total. The molecule has 1 aliphatic heterocycles. The Morgan fingerprint density at radius 3 is 2.57 bits per heavy atom. The molecule has 0 spiro atoms. The van der Waals surface area contributed by atoms with E-state index < -0.39 is 17.0 Å². The van der Waals surface area contributed by atoms with Crippen molar-refractivity contribution in [2.45, 2.75) is 46.1 Å². The Kier molecular flexibility index (Phi) is 3.87. The summed E-state index contributed by atoms with van der Waals surface area (Å²) >= 11 is 0. The summed E-state index contributed by atoms with van der Waals surface area (Å²) in [7, 11) is 0. The molecule has 2 rings (SSSR count). The molecule has 0 aromatic rings. The van der Waals surface area contributed by atoms with Crippen molar-refractivity contribution in [3.8, 4) is 0 Å². The monoisotopic (exact) mass is 293 g/mol. The molecule has 0 saturated carbocycles. The van der Waals surface area contributed by atoms with Gasteiger partial charge in [-0.2, -0.15) is 0 Å². The molecule has 1 aliphatic carbocycles. The molecule has 2 aliphatic rings. The standard InChI is InChI=1S/C16H23NO4/c1-15(2,3)21-14(20)17-8-6-11-5-7-16(4,13(18)19)9-12(11)10-17/h5,9H,6-8,10H2,1-4H3,(H,18,19). The molecular formula is C16H23NO4. The second-order valence-corrected chi connectivity index (χ2v) is 6.98. The molecule has 1 saturated heterocycles. The van der Waals surface area contributed by atoms with Gasteiger partial charge >= 0.3 is 12.1 Å². The van der Waals surface area contributed by atoms with Crippen LogP contribution in [0.5, 0.6) is 0 Å². The van der Waals surface area contributed by atoms with Crippen LogP contribution in [0.4, 0.5) is 4.79 Å². The summed E-state index contributed by atoms with van der Waals surface area (Å²) < 4.78 is 5.38. The van der Waals surface area contributed by atoms with E-state index in [1.165, 1.54) is 0 Å². The summed E-state index contributed by atoms with van der Waals surface area (Å²) in [5.74, 6) is -0.834. The first kappa shape index (κ1) is 15.6. The van der Waals surface area contributed by atoms with E-state index >= 15 is 0 Å². The predicted octanol–water partition coefficient (Wildman–Crippen LogP) is 2.97. The largest absolute Gasteiger partial charge is 0.481 e. The Bertz CT molecular complexity index is 527. The molecule has 1 atom stereocenters. The summed E-state index contributed by atoms with van der Waals surface area (Å²) in [4.78, 5) is 25.1. The van der Waals surface area contributed by atoms with Gasteiger partial charge in [-0.1, -0.05) is 12.2 Å². The fourth-order valence-corrected chi connectivity index (χ4v) is 2.58. The van der Waals surface area contributed by atoms with Crippen LogP contribution in [0, 0.1) is 5.41 Å². The number of carboxylic acids is 1. The maximum absolute atomic E-state index is 12.1. The molecule has 1 amide bonds. The Morgan fingerprint density at radius 1 is 1.33 bits per heavy atom. The number of carboxylic acid groups (broad SMARTS) is 1. The van der Waals surface area contributed by atoms with Gasteiger partial charge in [0.25, 0.3) is 0 Å². The third kappa shape index (κ3) is 3.46. The summed E-state index contributed by atoms with van der Waals surface area (Å²) in [6, 6.07) is 0. The van der Waals surface area contributed by atoms with Crippen LogP contribution in [-0.2, 0) is 9.53 Å². The van der Waals surface area contributed by atoms with Crippen molar-refractivity contribution in [3.05, 3.63) is 23.3 Å². The Hall–Kier alpha value is -1.78. The number of fused-ring (bicyclic) bond motifs is 1. The van der Waals surface area contributed by atoms with Crippen LogP contribution < -0.4 is 0 Å². The first-order valence-corrected chi connectivity index (χ1v) is 7.23. The van der Waals surface area contributed by atoms with Gasteiger partial charge in [-0.3, -0.25) is 4.79 Å². The van der Waals surface area contributed by atoms with Gasteiger partial charge in [-0.05, 0) is 51.7 Å². The minimum atomic E-state index is -0.879. The van der Waals surface area contributed by atoms with Gasteiger partial charge in [0.15, 0.2) is 0 Å². The second-order valence-electron chi connectivity index (χ2n) is 6.98. The molecule has 0 aromatic heterocycles. The van der Waals surface area contributed by atoms with Crippen LogP contribution in [0.3, 0.4) is 0 Å². The molecule has 5 heteroatoms. The van der Waals surface area contributed by atoms with Crippen molar-refractivity contribution < 1.29 is 19.4 Å². The van der Waals surface area contributed by atoms with Crippen molar-refractivity contribution in [2.24, 2.45) is 5.41 Å². The van der Waals surface area contributed by atoms with Gasteiger partial charge in [0, 0.05) is 13.1 Å². The highest BCUT2D eigenvalue weighted by Gasteiger charge is 2.36. The van der Waals surface area contributed by atoms with Gasteiger partial charge in [-0.25, -0.2) is 4.79 Å². The van der Waals surface area contributed by atoms with Crippen LogP contribution >= 0.6 is 0 Å². The minimum Gasteiger partial charge on any atom is -0.481 e. The normalized spacial score (nSPS) is 25.6. The van der Waals surface area contributed by atoms with Crippen LogP contribution in [-0.4, -0.2) is 40.8 Å². The molecule has 1 N–H and O–H groups in total. The number of ether oxygens (including phenoxy) is 1. The Morgan fingerprint density at radius 2 is 2.00 bits per heavy atom. The molecule has 0 bridgehead atoms. The molecule has 1 unspecified atom stereocenters. The van der Waals surface area contributed by atoms with E-state index in [1.54, 1.807) is 17.9 Å². The van der Waals surface area contributed by atoms with E-state index in [2.05, 4.69) is 0 Å². The number of piperidine rings is 1. The maximum atomic E-state index is 12.1. The fourth-order valence-electron chi connectivity index (χ4n) is 2.58. The van der Waals surface area contributed by atoms with Crippen LogP contribution in [0.25, 0.3) is 0 Å². The number of aliphatic carboxylic acids is 1. The van der Waals surface area contributed by atoms with Crippen molar-refractivity contribution in [2.75, 3.05) is 13.1 Å². The van der Waals surface area contributed by atoms with E-state index in [4.69, 9.17) is 4.74 Å². The number of hydrogen-bond acceptors (Lipinski definition) is 3. The SMILES string of the molecule is CC(C)(C)OC(=O)N1CCC2=CCC(C)(C(=O)O)C=C2C1. The van der Waals surface area contributed by atoms with E-state index in [1.807, 2.05) is 26.8 Å². The summed E-state index contributed by atoms with van der Waals surface area (Å²) in [6.07, 6.45) is 4.70. The zero-order chi connectivity index (χ0) is 15.8. The molecule has 116 valence electrons. The highest BCUT2D eigenvalue weighted by atomic mass is 16.6. The summed E-state index contributed by atoms with van der Waals surface area (Å²) in [5.41, 5.74) is 0.691. The minimum absolute atomic E-state index is 0.343.